The highest BCUT2D eigenvalue weighted by molar-refractivity contribution is 6.04. The van der Waals surface area contributed by atoms with Gasteiger partial charge in [-0.1, -0.05) is 54.5 Å². The number of nitrogens with zero attached hydrogens (tertiary/aromatic N) is 1. The third-order valence-corrected chi connectivity index (χ3v) is 13.6. The van der Waals surface area contributed by atoms with Crippen LogP contribution < -0.4 is 0 Å². The first kappa shape index (κ1) is 27.9. The average Bonchev–Trinajstić information content (AvgIpc) is 2.83. The molecule has 0 aromatic carbocycles. The number of carbonyl (C=O) groups is 2. The highest BCUT2D eigenvalue weighted by atomic mass is 16.5. The van der Waals surface area contributed by atoms with Crippen LogP contribution >= 0.6 is 0 Å². The summed E-state index contributed by atoms with van der Waals surface area (Å²) < 4.78 is 5.20. The summed E-state index contributed by atoms with van der Waals surface area (Å²) in [5.41, 5.74) is -0.658. The Morgan fingerprint density at radius 2 is 1.68 bits per heavy atom. The molecule has 5 aliphatic carbocycles. The van der Waals surface area contributed by atoms with Crippen LogP contribution in [-0.4, -0.2) is 30.1 Å². The summed E-state index contributed by atoms with van der Waals surface area (Å²) in [6.07, 6.45) is 9.81. The summed E-state index contributed by atoms with van der Waals surface area (Å²) in [5, 5.41) is 22.1. The van der Waals surface area contributed by atoms with Gasteiger partial charge in [-0.2, -0.15) is 5.26 Å². The zero-order valence-corrected chi connectivity index (χ0v) is 24.9. The number of ether oxygens (including phenoxy) is 1. The van der Waals surface area contributed by atoms with Gasteiger partial charge in [-0.05, 0) is 102 Å². The molecule has 1 N–H and O–H groups in total. The second kappa shape index (κ2) is 8.42. The van der Waals surface area contributed by atoms with Crippen molar-refractivity contribution in [3.05, 3.63) is 11.6 Å². The number of methoxy groups -OCH3 is 1. The predicted molar refractivity (Wildman–Crippen MR) is 147 cm³/mol. The molecule has 5 rings (SSSR count). The van der Waals surface area contributed by atoms with Crippen LogP contribution in [-0.2, 0) is 14.3 Å². The molecule has 38 heavy (non-hydrogen) atoms. The molecule has 210 valence electrons. The third kappa shape index (κ3) is 3.50. The second-order valence-corrected chi connectivity index (χ2v) is 16.0. The molecule has 5 heteroatoms. The first-order valence-electron chi connectivity index (χ1n) is 14.9. The van der Waals surface area contributed by atoms with Crippen LogP contribution in [0.5, 0.6) is 0 Å². The van der Waals surface area contributed by atoms with Gasteiger partial charge in [0.25, 0.3) is 0 Å². The minimum atomic E-state index is -0.589. The number of allylic oxidation sites excluding steroid dienone is 2. The lowest BCUT2D eigenvalue weighted by molar-refractivity contribution is -0.261. The highest BCUT2D eigenvalue weighted by Crippen LogP contribution is 2.76. The minimum Gasteiger partial charge on any atom is -0.469 e. The van der Waals surface area contributed by atoms with Crippen LogP contribution in [0.4, 0.5) is 0 Å². The first-order chi connectivity index (χ1) is 17.5. The van der Waals surface area contributed by atoms with E-state index in [1.807, 2.05) is 19.9 Å². The summed E-state index contributed by atoms with van der Waals surface area (Å²) >= 11 is 0. The Balaban J connectivity index is 1.61. The number of hydrogen-bond acceptors (Lipinski definition) is 5. The fraction of sp³-hybridized carbons (Fsp3) is 0.848. The summed E-state index contributed by atoms with van der Waals surface area (Å²) in [4.78, 5) is 26.0. The summed E-state index contributed by atoms with van der Waals surface area (Å²) in [7, 11) is 1.49. The van der Waals surface area contributed by atoms with Crippen molar-refractivity contribution >= 4 is 11.8 Å². The molecule has 0 saturated heterocycles. The number of carbonyl (C=O) groups excluding carboxylic acids is 2. The van der Waals surface area contributed by atoms with Crippen molar-refractivity contribution in [1.29, 1.82) is 5.26 Å². The summed E-state index contributed by atoms with van der Waals surface area (Å²) in [6, 6.07) is 2.23. The smallest absolute Gasteiger partial charge is 0.306 e. The van der Waals surface area contributed by atoms with Crippen molar-refractivity contribution < 1.29 is 19.4 Å². The first-order valence-corrected chi connectivity index (χ1v) is 14.9. The molecule has 0 radical (unpaired) electrons. The number of aliphatic hydroxyl groups excluding tert-OH is 1. The van der Waals surface area contributed by atoms with Crippen molar-refractivity contribution in [2.75, 3.05) is 7.11 Å². The van der Waals surface area contributed by atoms with Gasteiger partial charge in [0, 0.05) is 5.41 Å². The zero-order valence-electron chi connectivity index (χ0n) is 24.9. The largest absolute Gasteiger partial charge is 0.469 e. The zero-order chi connectivity index (χ0) is 28.1. The van der Waals surface area contributed by atoms with Gasteiger partial charge in [0.2, 0.25) is 0 Å². The molecule has 5 aliphatic rings. The topological polar surface area (TPSA) is 87.4 Å². The maximum Gasteiger partial charge on any atom is 0.306 e. The van der Waals surface area contributed by atoms with Gasteiger partial charge in [-0.3, -0.25) is 9.59 Å². The number of ketones is 1. The maximum absolute atomic E-state index is 13.3. The number of fused-ring (bicyclic) bond motifs is 7. The van der Waals surface area contributed by atoms with Crippen LogP contribution in [0.1, 0.15) is 106 Å². The molecule has 0 amide bonds. The van der Waals surface area contributed by atoms with Crippen molar-refractivity contribution in [2.24, 2.45) is 56.2 Å². The number of aliphatic hydroxyl groups is 1. The van der Waals surface area contributed by atoms with Crippen LogP contribution in [0, 0.1) is 67.5 Å². The molecule has 0 bridgehead atoms. The van der Waals surface area contributed by atoms with Gasteiger partial charge in [0.1, 0.15) is 6.07 Å². The molecule has 9 atom stereocenters. The number of rotatable bonds is 2. The predicted octanol–water partition coefficient (Wildman–Crippen LogP) is 6.64. The van der Waals surface area contributed by atoms with E-state index in [2.05, 4.69) is 40.7 Å². The van der Waals surface area contributed by atoms with Crippen molar-refractivity contribution in [3.8, 4) is 6.07 Å². The standard InChI is InChI=1S/C33H49NO4/c1-28(2)11-13-33(18-25(36)38-8)14-12-32(7)26(21(33)17-28)22(35)15-24-30(5)16-20(19-34)27(37)29(3,4)23(30)9-10-31(24,32)6/h16,21-24,26,35H,9-15,17-18H2,1-8H3/t21?,22-,23+,24-,26?,30+,31-,32-,33-/m1/s1. The number of nitriles is 1. The van der Waals surface area contributed by atoms with Gasteiger partial charge in [0.05, 0.1) is 25.2 Å². The van der Waals surface area contributed by atoms with Crippen LogP contribution in [0.2, 0.25) is 0 Å². The van der Waals surface area contributed by atoms with Gasteiger partial charge < -0.3 is 9.84 Å². The Hall–Kier alpha value is -1.67. The molecular formula is C33H49NO4. The Labute approximate surface area is 229 Å². The Morgan fingerprint density at radius 3 is 2.32 bits per heavy atom. The molecule has 0 aromatic heterocycles. The van der Waals surface area contributed by atoms with E-state index >= 15 is 0 Å². The van der Waals surface area contributed by atoms with Crippen LogP contribution in [0.15, 0.2) is 11.6 Å². The SMILES string of the molecule is COC(=O)C[C@]12CCC(C)(C)CC1C1[C@H](O)C[C@@H]3[C@@]4(C)C=C(C#N)C(=O)C(C)(C)[C@@H]4CC[C@@]3(C)[C@]1(C)CC2. The van der Waals surface area contributed by atoms with E-state index < -0.39 is 11.5 Å². The molecule has 0 spiro atoms. The third-order valence-electron chi connectivity index (χ3n) is 13.6. The molecule has 0 heterocycles. The Bertz CT molecular complexity index is 1110. The molecule has 4 fully saturated rings. The van der Waals surface area contributed by atoms with E-state index in [-0.39, 0.29) is 62.5 Å². The molecular weight excluding hydrogens is 474 g/mol. The molecule has 5 nitrogen and oxygen atoms in total. The fourth-order valence-electron chi connectivity index (χ4n) is 11.4. The highest BCUT2D eigenvalue weighted by Gasteiger charge is 2.72. The normalized spacial score (nSPS) is 48.8. The van der Waals surface area contributed by atoms with Gasteiger partial charge in [-0.15, -0.1) is 0 Å². The molecule has 0 aromatic rings. The van der Waals surface area contributed by atoms with Crippen molar-refractivity contribution in [3.63, 3.8) is 0 Å². The Morgan fingerprint density at radius 1 is 1.03 bits per heavy atom. The summed E-state index contributed by atoms with van der Waals surface area (Å²) in [6.45, 7) is 15.9. The van der Waals surface area contributed by atoms with Gasteiger partial charge in [0.15, 0.2) is 5.78 Å². The molecule has 0 aliphatic heterocycles. The lowest BCUT2D eigenvalue weighted by Gasteiger charge is -2.73. The van der Waals surface area contributed by atoms with Crippen molar-refractivity contribution in [1.82, 2.24) is 0 Å². The summed E-state index contributed by atoms with van der Waals surface area (Å²) in [5.74, 6) is 0.591. The van der Waals surface area contributed by atoms with Crippen LogP contribution in [0.25, 0.3) is 0 Å². The Kier molecular flexibility index (Phi) is 6.18. The molecule has 4 saturated carbocycles. The average molecular weight is 524 g/mol. The quantitative estimate of drug-likeness (QED) is 0.410. The van der Waals surface area contributed by atoms with Gasteiger partial charge >= 0.3 is 5.97 Å². The van der Waals surface area contributed by atoms with E-state index in [0.717, 1.165) is 44.9 Å². The lowest BCUT2D eigenvalue weighted by atomic mass is 9.31. The lowest BCUT2D eigenvalue weighted by Crippen LogP contribution is -2.69. The minimum absolute atomic E-state index is 0.0266. The van der Waals surface area contributed by atoms with E-state index in [4.69, 9.17) is 4.74 Å². The van der Waals surface area contributed by atoms with Gasteiger partial charge in [-0.25, -0.2) is 0 Å². The van der Waals surface area contributed by atoms with Crippen LogP contribution in [0.3, 0.4) is 0 Å². The number of esters is 1. The van der Waals surface area contributed by atoms with E-state index in [0.29, 0.717) is 18.4 Å². The van der Waals surface area contributed by atoms with Crippen molar-refractivity contribution in [2.45, 2.75) is 112 Å². The maximum atomic E-state index is 13.3. The van der Waals surface area contributed by atoms with E-state index in [1.54, 1.807) is 0 Å². The molecule has 2 unspecified atom stereocenters. The monoisotopic (exact) mass is 523 g/mol. The number of Topliss-reactive ketones (excluding diaryl/α,β-unsaturated/α-hetero) is 1. The number of hydrogen-bond donors (Lipinski definition) is 1. The second-order valence-electron chi connectivity index (χ2n) is 16.0. The van der Waals surface area contributed by atoms with E-state index in [1.165, 1.54) is 7.11 Å². The van der Waals surface area contributed by atoms with E-state index in [9.17, 15) is 20.0 Å². The fourth-order valence-corrected chi connectivity index (χ4v) is 11.4.